The monoisotopic (exact) mass is 392 g/mol. The minimum atomic E-state index is -4.47. The molecule has 8 heteroatoms. The van der Waals surface area contributed by atoms with E-state index in [0.717, 1.165) is 19.6 Å². The van der Waals surface area contributed by atoms with Crippen LogP contribution in [0.25, 0.3) is 0 Å². The lowest BCUT2D eigenvalue weighted by Gasteiger charge is -2.34. The van der Waals surface area contributed by atoms with Crippen molar-refractivity contribution in [2.45, 2.75) is 38.5 Å². The second kappa shape index (κ2) is 7.58. The van der Waals surface area contributed by atoms with Crippen molar-refractivity contribution < 1.29 is 18.0 Å². The van der Waals surface area contributed by atoms with Crippen LogP contribution in [0, 0.1) is 0 Å². The summed E-state index contributed by atoms with van der Waals surface area (Å²) < 4.78 is 40.9. The quantitative estimate of drug-likeness (QED) is 0.804. The number of hydrogen-bond donors (Lipinski definition) is 0. The van der Waals surface area contributed by atoms with Crippen molar-refractivity contribution in [3.8, 4) is 0 Å². The lowest BCUT2D eigenvalue weighted by Crippen LogP contribution is -2.49. The molecule has 0 atom stereocenters. The predicted octanol–water partition coefficient (Wildman–Crippen LogP) is 2.74. The van der Waals surface area contributed by atoms with E-state index in [2.05, 4.69) is 22.1 Å². The van der Waals surface area contributed by atoms with Gasteiger partial charge >= 0.3 is 6.18 Å². The number of aromatic nitrogens is 2. The van der Waals surface area contributed by atoms with Crippen LogP contribution in [0.5, 0.6) is 0 Å². The molecule has 1 amide bonds. The Kier molecular flexibility index (Phi) is 5.14. The minimum absolute atomic E-state index is 0.114. The number of carbonyl (C=O) groups excluding carboxylic acids is 1. The molecular formula is C20H23F3N4O. The second-order valence-corrected chi connectivity index (χ2v) is 7.43. The van der Waals surface area contributed by atoms with Gasteiger partial charge in [-0.1, -0.05) is 30.3 Å². The lowest BCUT2D eigenvalue weighted by molar-refractivity contribution is -0.142. The van der Waals surface area contributed by atoms with Crippen molar-refractivity contribution in [3.05, 3.63) is 52.8 Å². The summed E-state index contributed by atoms with van der Waals surface area (Å²) in [6, 6.07) is 10.2. The molecule has 28 heavy (non-hydrogen) atoms. The van der Waals surface area contributed by atoms with Gasteiger partial charge in [-0.25, -0.2) is 0 Å². The highest BCUT2D eigenvalue weighted by atomic mass is 19.4. The fourth-order valence-corrected chi connectivity index (χ4v) is 4.09. The Morgan fingerprint density at radius 2 is 1.75 bits per heavy atom. The Morgan fingerprint density at radius 1 is 1.04 bits per heavy atom. The highest BCUT2D eigenvalue weighted by Gasteiger charge is 2.40. The molecular weight excluding hydrogens is 369 g/mol. The largest absolute Gasteiger partial charge is 0.435 e. The molecule has 1 saturated heterocycles. The van der Waals surface area contributed by atoms with Gasteiger partial charge in [-0.3, -0.25) is 14.4 Å². The number of benzene rings is 1. The highest BCUT2D eigenvalue weighted by molar-refractivity contribution is 5.76. The van der Waals surface area contributed by atoms with Crippen LogP contribution < -0.4 is 0 Å². The molecule has 0 unspecified atom stereocenters. The average molecular weight is 392 g/mol. The predicted molar refractivity (Wildman–Crippen MR) is 97.6 cm³/mol. The van der Waals surface area contributed by atoms with Gasteiger partial charge in [-0.15, -0.1) is 0 Å². The Morgan fingerprint density at radius 3 is 2.43 bits per heavy atom. The molecule has 1 aromatic carbocycles. The van der Waals surface area contributed by atoms with E-state index in [1.54, 1.807) is 4.90 Å². The van der Waals surface area contributed by atoms with Gasteiger partial charge in [-0.05, 0) is 24.8 Å². The van der Waals surface area contributed by atoms with Gasteiger partial charge in [0.05, 0.1) is 0 Å². The molecule has 2 aliphatic rings. The molecule has 1 aliphatic heterocycles. The summed E-state index contributed by atoms with van der Waals surface area (Å²) in [6.45, 7) is 3.40. The summed E-state index contributed by atoms with van der Waals surface area (Å²) in [5, 5.41) is 3.74. The van der Waals surface area contributed by atoms with Crippen molar-refractivity contribution >= 4 is 5.91 Å². The van der Waals surface area contributed by atoms with Gasteiger partial charge in [-0.2, -0.15) is 18.3 Å². The number of amides is 1. The van der Waals surface area contributed by atoms with Crippen LogP contribution in [0.15, 0.2) is 30.3 Å². The van der Waals surface area contributed by atoms with E-state index in [1.165, 1.54) is 10.2 Å². The molecule has 1 aromatic heterocycles. The number of halogens is 3. The summed E-state index contributed by atoms with van der Waals surface area (Å²) in [6.07, 6.45) is -2.85. The standard InChI is InChI=1S/C20H23F3N4O/c21-20(22,23)19-16-7-4-8-17(16)27(24-19)14-18(28)26-11-9-25(10-12-26)13-15-5-2-1-3-6-15/h1-3,5-6H,4,7-14H2. The number of fused-ring (bicyclic) bond motifs is 1. The Bertz CT molecular complexity index is 839. The molecule has 5 nitrogen and oxygen atoms in total. The fourth-order valence-electron chi connectivity index (χ4n) is 4.09. The molecule has 0 radical (unpaired) electrons. The topological polar surface area (TPSA) is 41.4 Å². The van der Waals surface area contributed by atoms with Gasteiger partial charge in [0.25, 0.3) is 0 Å². The molecule has 2 heterocycles. The molecule has 0 spiro atoms. The van der Waals surface area contributed by atoms with E-state index in [4.69, 9.17) is 0 Å². The summed E-state index contributed by atoms with van der Waals surface area (Å²) in [4.78, 5) is 16.7. The summed E-state index contributed by atoms with van der Waals surface area (Å²) in [5.74, 6) is -0.162. The number of hydrogen-bond acceptors (Lipinski definition) is 3. The van der Waals surface area contributed by atoms with Crippen molar-refractivity contribution in [1.29, 1.82) is 0 Å². The van der Waals surface area contributed by atoms with E-state index in [-0.39, 0.29) is 18.0 Å². The third-order valence-electron chi connectivity index (χ3n) is 5.53. The van der Waals surface area contributed by atoms with Crippen molar-refractivity contribution in [2.24, 2.45) is 0 Å². The first kappa shape index (κ1) is 19.0. The first-order chi connectivity index (χ1) is 13.4. The van der Waals surface area contributed by atoms with E-state index < -0.39 is 11.9 Å². The molecule has 0 saturated carbocycles. The van der Waals surface area contributed by atoms with Crippen LogP contribution in [-0.2, 0) is 36.9 Å². The maximum Gasteiger partial charge on any atom is 0.435 e. The van der Waals surface area contributed by atoms with Gasteiger partial charge in [0, 0.05) is 44.0 Å². The fraction of sp³-hybridized carbons (Fsp3) is 0.500. The van der Waals surface area contributed by atoms with Crippen LogP contribution in [0.2, 0.25) is 0 Å². The molecule has 0 N–H and O–H groups in total. The van der Waals surface area contributed by atoms with Crippen molar-refractivity contribution in [3.63, 3.8) is 0 Å². The van der Waals surface area contributed by atoms with Crippen LogP contribution in [-0.4, -0.2) is 51.7 Å². The minimum Gasteiger partial charge on any atom is -0.339 e. The second-order valence-electron chi connectivity index (χ2n) is 7.43. The van der Waals surface area contributed by atoms with E-state index in [1.807, 2.05) is 18.2 Å². The van der Waals surface area contributed by atoms with Gasteiger partial charge in [0.15, 0.2) is 5.69 Å². The molecule has 0 bridgehead atoms. The summed E-state index contributed by atoms with van der Waals surface area (Å²) >= 11 is 0. The zero-order chi connectivity index (χ0) is 19.7. The van der Waals surface area contributed by atoms with E-state index >= 15 is 0 Å². The third-order valence-corrected chi connectivity index (χ3v) is 5.53. The Hall–Kier alpha value is -2.35. The molecule has 1 fully saturated rings. The lowest BCUT2D eigenvalue weighted by atomic mass is 10.2. The van der Waals surface area contributed by atoms with Gasteiger partial charge in [0.1, 0.15) is 6.54 Å². The van der Waals surface area contributed by atoms with Crippen LogP contribution in [0.4, 0.5) is 13.2 Å². The number of carbonyl (C=O) groups is 1. The smallest absolute Gasteiger partial charge is 0.339 e. The van der Waals surface area contributed by atoms with Crippen LogP contribution in [0.1, 0.15) is 28.9 Å². The molecule has 150 valence electrons. The van der Waals surface area contributed by atoms with E-state index in [9.17, 15) is 18.0 Å². The summed E-state index contributed by atoms with van der Waals surface area (Å²) in [7, 11) is 0. The van der Waals surface area contributed by atoms with Crippen LogP contribution >= 0.6 is 0 Å². The van der Waals surface area contributed by atoms with Crippen molar-refractivity contribution in [1.82, 2.24) is 19.6 Å². The first-order valence-corrected chi connectivity index (χ1v) is 9.61. The average Bonchev–Trinajstić information content (AvgIpc) is 3.26. The van der Waals surface area contributed by atoms with E-state index in [0.29, 0.717) is 38.0 Å². The number of alkyl halides is 3. The number of piperazine rings is 1. The number of nitrogens with zero attached hydrogens (tertiary/aromatic N) is 4. The SMILES string of the molecule is O=C(Cn1nc(C(F)(F)F)c2c1CCC2)N1CCN(Cc2ccccc2)CC1. The maximum atomic E-state index is 13.2. The zero-order valence-corrected chi connectivity index (χ0v) is 15.6. The maximum absolute atomic E-state index is 13.2. The normalized spacial score (nSPS) is 17.8. The summed E-state index contributed by atoms with van der Waals surface area (Å²) in [5.41, 5.74) is 1.26. The zero-order valence-electron chi connectivity index (χ0n) is 15.6. The number of rotatable bonds is 4. The van der Waals surface area contributed by atoms with Crippen LogP contribution in [0.3, 0.4) is 0 Å². The third kappa shape index (κ3) is 3.92. The molecule has 1 aliphatic carbocycles. The van der Waals surface area contributed by atoms with Gasteiger partial charge < -0.3 is 4.90 Å². The Labute approximate surface area is 161 Å². The van der Waals surface area contributed by atoms with Gasteiger partial charge in [0.2, 0.25) is 5.91 Å². The highest BCUT2D eigenvalue weighted by Crippen LogP contribution is 2.36. The molecule has 2 aromatic rings. The Balaban J connectivity index is 1.37. The van der Waals surface area contributed by atoms with Crippen molar-refractivity contribution in [2.75, 3.05) is 26.2 Å². The molecule has 4 rings (SSSR count). The first-order valence-electron chi connectivity index (χ1n) is 9.61.